The van der Waals surface area contributed by atoms with Gasteiger partial charge in [-0.25, -0.2) is 19.6 Å². The molecule has 2 aliphatic carbocycles. The molecule has 0 spiro atoms. The molecule has 2 aliphatic rings. The second kappa shape index (κ2) is 4.98. The molecule has 2 saturated carbocycles. The second-order valence-corrected chi connectivity index (χ2v) is 5.91. The Labute approximate surface area is 122 Å². The van der Waals surface area contributed by atoms with E-state index in [9.17, 15) is 0 Å². The van der Waals surface area contributed by atoms with Crippen LogP contribution in [0.15, 0.2) is 25.0 Å². The number of nitrogens with zero attached hydrogens (tertiary/aromatic N) is 5. The van der Waals surface area contributed by atoms with Gasteiger partial charge in [0.2, 0.25) is 5.95 Å². The summed E-state index contributed by atoms with van der Waals surface area (Å²) < 4.78 is 7.55. The number of nitrogens with one attached hydrogen (secondary N) is 1. The molecule has 0 amide bonds. The Morgan fingerprint density at radius 1 is 1.29 bits per heavy atom. The van der Waals surface area contributed by atoms with E-state index < -0.39 is 0 Å². The Morgan fingerprint density at radius 2 is 2.10 bits per heavy atom. The molecule has 0 atom stereocenters. The van der Waals surface area contributed by atoms with Gasteiger partial charge in [0.05, 0.1) is 24.5 Å². The predicted octanol–water partition coefficient (Wildman–Crippen LogP) is 1.46. The van der Waals surface area contributed by atoms with Crippen LogP contribution in [-0.4, -0.2) is 37.9 Å². The lowest BCUT2D eigenvalue weighted by Gasteiger charge is -2.16. The third kappa shape index (κ3) is 2.81. The molecule has 2 fully saturated rings. The van der Waals surface area contributed by atoms with Gasteiger partial charge in [-0.2, -0.15) is 5.10 Å². The van der Waals surface area contributed by atoms with Crippen LogP contribution in [0, 0.1) is 5.92 Å². The van der Waals surface area contributed by atoms with Crippen molar-refractivity contribution >= 4 is 5.95 Å². The minimum absolute atomic E-state index is 0.0427. The summed E-state index contributed by atoms with van der Waals surface area (Å²) in [5.74, 6) is 2.10. The normalized spacial score (nSPS) is 19.2. The minimum atomic E-state index is 0.0427. The Kier molecular flexibility index (Phi) is 2.98. The zero-order chi connectivity index (χ0) is 14.1. The lowest BCUT2D eigenvalue weighted by molar-refractivity contribution is 0.297. The van der Waals surface area contributed by atoms with Crippen LogP contribution in [0.4, 0.5) is 5.95 Å². The SMILES string of the molecule is c1ncn(C2(CNc3ncc(OCC4CC4)cn3)CC2)n1. The molecule has 0 aromatic carbocycles. The molecule has 110 valence electrons. The van der Waals surface area contributed by atoms with Crippen LogP contribution in [0.5, 0.6) is 5.75 Å². The van der Waals surface area contributed by atoms with Gasteiger partial charge >= 0.3 is 0 Å². The third-order valence-corrected chi connectivity index (χ3v) is 4.12. The maximum Gasteiger partial charge on any atom is 0.222 e. The monoisotopic (exact) mass is 286 g/mol. The summed E-state index contributed by atoms with van der Waals surface area (Å²) in [4.78, 5) is 12.6. The molecule has 0 unspecified atom stereocenters. The van der Waals surface area contributed by atoms with Gasteiger partial charge in [0.15, 0.2) is 5.75 Å². The fourth-order valence-electron chi connectivity index (χ4n) is 2.31. The summed E-state index contributed by atoms with van der Waals surface area (Å²) in [6.07, 6.45) is 11.6. The van der Waals surface area contributed by atoms with Gasteiger partial charge in [0, 0.05) is 6.54 Å². The van der Waals surface area contributed by atoms with Gasteiger partial charge in [-0.3, -0.25) is 0 Å². The lowest BCUT2D eigenvalue weighted by Crippen LogP contribution is -2.27. The summed E-state index contributed by atoms with van der Waals surface area (Å²) in [5, 5.41) is 7.50. The van der Waals surface area contributed by atoms with E-state index in [1.165, 1.54) is 12.8 Å². The van der Waals surface area contributed by atoms with Crippen LogP contribution in [0.3, 0.4) is 0 Å². The van der Waals surface area contributed by atoms with E-state index in [2.05, 4.69) is 25.4 Å². The predicted molar refractivity (Wildman–Crippen MR) is 76.0 cm³/mol. The molecule has 21 heavy (non-hydrogen) atoms. The Morgan fingerprint density at radius 3 is 2.71 bits per heavy atom. The van der Waals surface area contributed by atoms with E-state index in [0.717, 1.165) is 37.7 Å². The largest absolute Gasteiger partial charge is 0.490 e. The Balaban J connectivity index is 1.32. The minimum Gasteiger partial charge on any atom is -0.490 e. The summed E-state index contributed by atoms with van der Waals surface area (Å²) >= 11 is 0. The highest BCUT2D eigenvalue weighted by atomic mass is 16.5. The number of hydrogen-bond donors (Lipinski definition) is 1. The highest BCUT2D eigenvalue weighted by Gasteiger charge is 2.45. The number of aromatic nitrogens is 5. The van der Waals surface area contributed by atoms with Crippen molar-refractivity contribution < 1.29 is 4.74 Å². The number of rotatable bonds is 7. The van der Waals surface area contributed by atoms with Gasteiger partial charge < -0.3 is 10.1 Å². The van der Waals surface area contributed by atoms with Gasteiger partial charge in [0.25, 0.3) is 0 Å². The van der Waals surface area contributed by atoms with Gasteiger partial charge in [0.1, 0.15) is 12.7 Å². The van der Waals surface area contributed by atoms with Crippen LogP contribution < -0.4 is 10.1 Å². The van der Waals surface area contributed by atoms with Gasteiger partial charge in [-0.15, -0.1) is 0 Å². The van der Waals surface area contributed by atoms with Crippen molar-refractivity contribution in [2.45, 2.75) is 31.2 Å². The van der Waals surface area contributed by atoms with E-state index in [4.69, 9.17) is 4.74 Å². The lowest BCUT2D eigenvalue weighted by atomic mass is 10.3. The van der Waals surface area contributed by atoms with Crippen LogP contribution in [-0.2, 0) is 5.54 Å². The molecule has 2 heterocycles. The fourth-order valence-corrected chi connectivity index (χ4v) is 2.31. The Bertz CT molecular complexity index is 588. The van der Waals surface area contributed by atoms with Gasteiger partial charge in [-0.1, -0.05) is 0 Å². The molecule has 0 aliphatic heterocycles. The molecular weight excluding hydrogens is 268 g/mol. The molecular formula is C14H18N6O. The van der Waals surface area contributed by atoms with Crippen molar-refractivity contribution in [3.05, 3.63) is 25.0 Å². The molecule has 0 saturated heterocycles. The first kappa shape index (κ1) is 12.6. The fraction of sp³-hybridized carbons (Fsp3) is 0.571. The number of anilines is 1. The van der Waals surface area contributed by atoms with Crippen LogP contribution in [0.25, 0.3) is 0 Å². The first-order valence-electron chi connectivity index (χ1n) is 7.38. The summed E-state index contributed by atoms with van der Waals surface area (Å²) in [5.41, 5.74) is 0.0427. The standard InChI is InChI=1S/C14H18N6O/c1-2-11(1)7-21-12-5-16-13(17-6-12)18-8-14(3-4-14)20-10-15-9-19-20/h5-6,9-11H,1-4,7-8H2,(H,16,17,18). The van der Waals surface area contributed by atoms with E-state index in [1.807, 2.05) is 4.68 Å². The smallest absolute Gasteiger partial charge is 0.222 e. The molecule has 7 heteroatoms. The van der Waals surface area contributed by atoms with E-state index in [0.29, 0.717) is 5.95 Å². The van der Waals surface area contributed by atoms with Crippen molar-refractivity contribution in [1.82, 2.24) is 24.7 Å². The number of ether oxygens (including phenoxy) is 1. The van der Waals surface area contributed by atoms with Crippen molar-refractivity contribution in [2.24, 2.45) is 5.92 Å². The van der Waals surface area contributed by atoms with E-state index in [-0.39, 0.29) is 5.54 Å². The van der Waals surface area contributed by atoms with E-state index in [1.54, 1.807) is 25.0 Å². The number of hydrogen-bond acceptors (Lipinski definition) is 6. The second-order valence-electron chi connectivity index (χ2n) is 5.91. The average Bonchev–Trinajstić information content (AvgIpc) is 3.45. The topological polar surface area (TPSA) is 77.8 Å². The molecule has 1 N–H and O–H groups in total. The summed E-state index contributed by atoms with van der Waals surface area (Å²) in [6, 6.07) is 0. The molecule has 2 aromatic heterocycles. The highest BCUT2D eigenvalue weighted by Crippen LogP contribution is 2.42. The van der Waals surface area contributed by atoms with Crippen LogP contribution in [0.1, 0.15) is 25.7 Å². The van der Waals surface area contributed by atoms with Crippen molar-refractivity contribution in [3.8, 4) is 5.75 Å². The quantitative estimate of drug-likeness (QED) is 0.830. The molecule has 0 radical (unpaired) electrons. The third-order valence-electron chi connectivity index (χ3n) is 4.12. The summed E-state index contributed by atoms with van der Waals surface area (Å²) in [6.45, 7) is 1.55. The molecule has 4 rings (SSSR count). The highest BCUT2D eigenvalue weighted by molar-refractivity contribution is 5.28. The molecule has 2 aromatic rings. The zero-order valence-electron chi connectivity index (χ0n) is 11.8. The molecule has 7 nitrogen and oxygen atoms in total. The average molecular weight is 286 g/mol. The maximum absolute atomic E-state index is 5.63. The first-order valence-corrected chi connectivity index (χ1v) is 7.38. The van der Waals surface area contributed by atoms with E-state index >= 15 is 0 Å². The van der Waals surface area contributed by atoms with Gasteiger partial charge in [-0.05, 0) is 31.6 Å². The van der Waals surface area contributed by atoms with Crippen LogP contribution >= 0.6 is 0 Å². The Hall–Kier alpha value is -2.18. The zero-order valence-corrected chi connectivity index (χ0v) is 11.8. The van der Waals surface area contributed by atoms with Crippen molar-refractivity contribution in [1.29, 1.82) is 0 Å². The maximum atomic E-state index is 5.63. The van der Waals surface area contributed by atoms with Crippen molar-refractivity contribution in [3.63, 3.8) is 0 Å². The summed E-state index contributed by atoms with van der Waals surface area (Å²) in [7, 11) is 0. The first-order chi connectivity index (χ1) is 10.3. The van der Waals surface area contributed by atoms with Crippen LogP contribution in [0.2, 0.25) is 0 Å². The molecule has 0 bridgehead atoms. The van der Waals surface area contributed by atoms with Crippen molar-refractivity contribution in [2.75, 3.05) is 18.5 Å².